The Labute approximate surface area is 130 Å². The molecule has 0 unspecified atom stereocenters. The summed E-state index contributed by atoms with van der Waals surface area (Å²) in [6.07, 6.45) is 3.25. The number of ether oxygens (including phenoxy) is 3. The number of hydrogen-bond donors (Lipinski definition) is 0. The molecule has 0 radical (unpaired) electrons. The van der Waals surface area contributed by atoms with Crippen LogP contribution in [0.4, 0.5) is 0 Å². The molecular formula is C17H24O5. The highest BCUT2D eigenvalue weighted by molar-refractivity contribution is 5.75. The zero-order valence-corrected chi connectivity index (χ0v) is 13.7. The molecule has 4 fully saturated rings. The van der Waals surface area contributed by atoms with Gasteiger partial charge in [0.05, 0.1) is 11.5 Å². The second kappa shape index (κ2) is 4.05. The predicted octanol–water partition coefficient (Wildman–Crippen LogP) is 2.22. The zero-order chi connectivity index (χ0) is 15.9. The third-order valence-corrected chi connectivity index (χ3v) is 6.88. The minimum atomic E-state index is -0.484. The lowest BCUT2D eigenvalue weighted by Crippen LogP contribution is -2.64. The van der Waals surface area contributed by atoms with Gasteiger partial charge in [-0.25, -0.2) is 0 Å². The Morgan fingerprint density at radius 2 is 2.05 bits per heavy atom. The van der Waals surface area contributed by atoms with Gasteiger partial charge >= 0.3 is 11.9 Å². The average Bonchev–Trinajstić information content (AvgIpc) is 2.98. The first-order valence-corrected chi connectivity index (χ1v) is 8.33. The van der Waals surface area contributed by atoms with Crippen molar-refractivity contribution in [3.8, 4) is 0 Å². The first-order chi connectivity index (χ1) is 10.3. The lowest BCUT2D eigenvalue weighted by atomic mass is 9.52. The quantitative estimate of drug-likeness (QED) is 0.549. The summed E-state index contributed by atoms with van der Waals surface area (Å²) in [5.41, 5.74) is -1.02. The van der Waals surface area contributed by atoms with Gasteiger partial charge in [-0.2, -0.15) is 0 Å². The van der Waals surface area contributed by atoms with E-state index in [0.717, 1.165) is 19.3 Å². The maximum Gasteiger partial charge on any atom is 0.309 e. The van der Waals surface area contributed by atoms with Crippen molar-refractivity contribution in [3.63, 3.8) is 0 Å². The molecule has 0 amide bonds. The first kappa shape index (κ1) is 14.5. The summed E-state index contributed by atoms with van der Waals surface area (Å²) in [5, 5.41) is 0. The van der Waals surface area contributed by atoms with E-state index in [1.807, 2.05) is 6.92 Å². The monoisotopic (exact) mass is 308 g/mol. The molecule has 0 N–H and O–H groups in total. The minimum absolute atomic E-state index is 0.0739. The van der Waals surface area contributed by atoms with Crippen LogP contribution in [0.1, 0.15) is 53.4 Å². The normalized spacial score (nSPS) is 55.5. The van der Waals surface area contributed by atoms with Crippen molar-refractivity contribution in [3.05, 3.63) is 0 Å². The Kier molecular flexibility index (Phi) is 2.67. The molecule has 122 valence electrons. The molecular weight excluding hydrogens is 284 g/mol. The van der Waals surface area contributed by atoms with E-state index in [9.17, 15) is 9.59 Å². The van der Waals surface area contributed by atoms with Gasteiger partial charge in [-0.05, 0) is 32.6 Å². The van der Waals surface area contributed by atoms with E-state index in [1.54, 1.807) is 0 Å². The van der Waals surface area contributed by atoms with Crippen molar-refractivity contribution < 1.29 is 23.8 Å². The van der Waals surface area contributed by atoms with E-state index in [1.165, 1.54) is 6.92 Å². The largest absolute Gasteiger partial charge is 0.462 e. The number of esters is 2. The third kappa shape index (κ3) is 1.44. The Bertz CT molecular complexity index is 559. The number of fused-ring (bicyclic) bond motifs is 1. The van der Waals surface area contributed by atoms with Crippen LogP contribution in [0.25, 0.3) is 0 Å². The van der Waals surface area contributed by atoms with Crippen molar-refractivity contribution in [2.45, 2.75) is 76.8 Å². The standard InChI is InChI=1S/C17H24O5/c1-9-11-8-12(20-10(2)18)15(3)6-5-7-16(4)17(15,22-16)13(11)21-14(9)19/h9,11-13H,5-8H2,1-4H3/t9-,11+,12+,13-,15-,16+,17-/m1/s1. The fourth-order valence-corrected chi connectivity index (χ4v) is 5.70. The molecule has 4 rings (SSSR count). The molecule has 2 aliphatic heterocycles. The maximum atomic E-state index is 12.1. The molecule has 2 saturated heterocycles. The van der Waals surface area contributed by atoms with E-state index in [-0.39, 0.29) is 47.0 Å². The van der Waals surface area contributed by atoms with Gasteiger partial charge < -0.3 is 14.2 Å². The van der Waals surface area contributed by atoms with Crippen LogP contribution in [0.15, 0.2) is 0 Å². The van der Waals surface area contributed by atoms with Crippen LogP contribution in [-0.2, 0) is 23.8 Å². The smallest absolute Gasteiger partial charge is 0.309 e. The van der Waals surface area contributed by atoms with Gasteiger partial charge in [0.25, 0.3) is 0 Å². The number of hydrogen-bond acceptors (Lipinski definition) is 5. The number of rotatable bonds is 1. The molecule has 7 atom stereocenters. The van der Waals surface area contributed by atoms with Gasteiger partial charge in [-0.3, -0.25) is 9.59 Å². The summed E-state index contributed by atoms with van der Waals surface area (Å²) >= 11 is 0. The SMILES string of the molecule is CC(=O)O[C@H]1C[C@@H]2[C@@H](OC(=O)[C@@H]2C)[C@]23O[C@@]2(C)CCC[C@]13C. The Morgan fingerprint density at radius 1 is 1.32 bits per heavy atom. The molecule has 0 bridgehead atoms. The Hall–Kier alpha value is -1.10. The van der Waals surface area contributed by atoms with E-state index in [4.69, 9.17) is 14.2 Å². The van der Waals surface area contributed by atoms with Gasteiger partial charge in [0, 0.05) is 18.3 Å². The van der Waals surface area contributed by atoms with E-state index < -0.39 is 5.60 Å². The fourth-order valence-electron chi connectivity index (χ4n) is 5.70. The summed E-state index contributed by atoms with van der Waals surface area (Å²) in [6.45, 7) is 7.64. The van der Waals surface area contributed by atoms with Crippen LogP contribution < -0.4 is 0 Å². The fraction of sp³-hybridized carbons (Fsp3) is 0.882. The van der Waals surface area contributed by atoms with Crippen molar-refractivity contribution in [2.75, 3.05) is 0 Å². The highest BCUT2D eigenvalue weighted by Gasteiger charge is 2.85. The average molecular weight is 308 g/mol. The highest BCUT2D eigenvalue weighted by Crippen LogP contribution is 2.73. The van der Waals surface area contributed by atoms with Crippen LogP contribution in [0.2, 0.25) is 0 Å². The lowest BCUT2D eigenvalue weighted by Gasteiger charge is -2.52. The lowest BCUT2D eigenvalue weighted by molar-refractivity contribution is -0.183. The van der Waals surface area contributed by atoms with Gasteiger partial charge in [-0.1, -0.05) is 13.8 Å². The summed E-state index contributed by atoms with van der Waals surface area (Å²) in [7, 11) is 0. The molecule has 2 heterocycles. The number of carbonyl (C=O) groups excluding carboxylic acids is 2. The number of carbonyl (C=O) groups is 2. The maximum absolute atomic E-state index is 12.1. The summed E-state index contributed by atoms with van der Waals surface area (Å²) in [5.74, 6) is -0.480. The zero-order valence-electron chi connectivity index (χ0n) is 13.7. The molecule has 0 aromatic heterocycles. The molecule has 5 nitrogen and oxygen atoms in total. The molecule has 0 aromatic carbocycles. The Morgan fingerprint density at radius 3 is 2.73 bits per heavy atom. The van der Waals surface area contributed by atoms with Gasteiger partial charge in [0.15, 0.2) is 0 Å². The summed E-state index contributed by atoms with van der Waals surface area (Å²) < 4.78 is 17.8. The van der Waals surface area contributed by atoms with Crippen molar-refractivity contribution in [1.29, 1.82) is 0 Å². The van der Waals surface area contributed by atoms with Crippen molar-refractivity contribution >= 4 is 11.9 Å². The summed E-state index contributed by atoms with van der Waals surface area (Å²) in [4.78, 5) is 23.7. The van der Waals surface area contributed by atoms with E-state index >= 15 is 0 Å². The topological polar surface area (TPSA) is 65.1 Å². The van der Waals surface area contributed by atoms with Gasteiger partial charge in [0.1, 0.15) is 17.8 Å². The third-order valence-electron chi connectivity index (χ3n) is 6.88. The molecule has 22 heavy (non-hydrogen) atoms. The highest BCUT2D eigenvalue weighted by atomic mass is 16.7. The van der Waals surface area contributed by atoms with Crippen LogP contribution in [-0.4, -0.2) is 35.3 Å². The molecule has 5 heteroatoms. The first-order valence-electron chi connectivity index (χ1n) is 8.33. The molecule has 2 saturated carbocycles. The summed E-state index contributed by atoms with van der Waals surface area (Å²) in [6, 6.07) is 0. The molecule has 4 aliphatic rings. The van der Waals surface area contributed by atoms with E-state index in [2.05, 4.69) is 13.8 Å². The van der Waals surface area contributed by atoms with Crippen LogP contribution >= 0.6 is 0 Å². The Balaban J connectivity index is 1.80. The second-order valence-electron chi connectivity index (χ2n) is 7.98. The molecule has 0 aromatic rings. The minimum Gasteiger partial charge on any atom is -0.462 e. The molecule has 2 aliphatic carbocycles. The molecule has 1 spiro atoms. The van der Waals surface area contributed by atoms with Crippen LogP contribution in [0.3, 0.4) is 0 Å². The second-order valence-corrected chi connectivity index (χ2v) is 7.98. The number of epoxide rings is 1. The van der Waals surface area contributed by atoms with E-state index in [0.29, 0.717) is 6.42 Å². The van der Waals surface area contributed by atoms with Gasteiger partial charge in [0.2, 0.25) is 0 Å². The van der Waals surface area contributed by atoms with Crippen molar-refractivity contribution in [2.24, 2.45) is 17.3 Å². The van der Waals surface area contributed by atoms with Crippen molar-refractivity contribution in [1.82, 2.24) is 0 Å². The van der Waals surface area contributed by atoms with Crippen LogP contribution in [0, 0.1) is 17.3 Å². The van der Waals surface area contributed by atoms with Gasteiger partial charge in [-0.15, -0.1) is 0 Å². The van der Waals surface area contributed by atoms with Crippen LogP contribution in [0.5, 0.6) is 0 Å². The predicted molar refractivity (Wildman–Crippen MR) is 76.9 cm³/mol.